The predicted molar refractivity (Wildman–Crippen MR) is 86.1 cm³/mol. The first-order valence-electron chi connectivity index (χ1n) is 8.04. The molecule has 0 spiro atoms. The predicted octanol–water partition coefficient (Wildman–Crippen LogP) is 3.72. The van der Waals surface area contributed by atoms with Crippen LogP contribution in [0, 0.1) is 5.92 Å². The van der Waals surface area contributed by atoms with Crippen LogP contribution in [0.2, 0.25) is 0 Å². The van der Waals surface area contributed by atoms with Crippen LogP contribution in [0.4, 0.5) is 18.9 Å². The second kappa shape index (κ2) is 6.81. The van der Waals surface area contributed by atoms with Crippen LogP contribution >= 0.6 is 0 Å². The molecular weight excluding hydrogens is 351 g/mol. The number of aromatic nitrogens is 2. The Hall–Kier alpha value is -2.84. The van der Waals surface area contributed by atoms with Crippen LogP contribution in [0.15, 0.2) is 30.5 Å². The number of aromatic carboxylic acids is 1. The van der Waals surface area contributed by atoms with E-state index in [1.54, 1.807) is 0 Å². The summed E-state index contributed by atoms with van der Waals surface area (Å²) in [5, 5.41) is 15.2. The zero-order chi connectivity index (χ0) is 18.9. The van der Waals surface area contributed by atoms with Crippen LogP contribution in [0.3, 0.4) is 0 Å². The number of carbonyl (C=O) groups is 2. The highest BCUT2D eigenvalue weighted by Gasteiger charge is 2.40. The summed E-state index contributed by atoms with van der Waals surface area (Å²) in [6.45, 7) is 0. The van der Waals surface area contributed by atoms with Crippen molar-refractivity contribution in [3.63, 3.8) is 0 Å². The number of halogens is 3. The summed E-state index contributed by atoms with van der Waals surface area (Å²) in [6.07, 6.45) is -0.647. The summed E-state index contributed by atoms with van der Waals surface area (Å²) in [7, 11) is 0. The Labute approximate surface area is 146 Å². The molecule has 0 bridgehead atoms. The molecule has 1 amide bonds. The smallest absolute Gasteiger partial charge is 0.434 e. The van der Waals surface area contributed by atoms with Crippen LogP contribution in [0.5, 0.6) is 0 Å². The Morgan fingerprint density at radius 3 is 2.42 bits per heavy atom. The van der Waals surface area contributed by atoms with Gasteiger partial charge in [0, 0.05) is 12.1 Å². The number of anilines is 1. The Balaban J connectivity index is 1.78. The quantitative estimate of drug-likeness (QED) is 0.815. The van der Waals surface area contributed by atoms with E-state index in [0.29, 0.717) is 28.9 Å². The number of carboxylic acid groups (broad SMARTS) is 1. The Morgan fingerprint density at radius 2 is 1.88 bits per heavy atom. The monoisotopic (exact) mass is 367 g/mol. The molecule has 2 N–H and O–H groups in total. The van der Waals surface area contributed by atoms with E-state index in [4.69, 9.17) is 5.11 Å². The van der Waals surface area contributed by atoms with Crippen molar-refractivity contribution in [3.05, 3.63) is 41.7 Å². The van der Waals surface area contributed by atoms with Gasteiger partial charge in [-0.1, -0.05) is 12.8 Å². The second-order valence-electron chi connectivity index (χ2n) is 6.20. The molecule has 0 atom stereocenters. The SMILES string of the molecule is O=C(CCC1CC1)Nc1ccc(-n2ncc(C(=O)O)c2C(F)(F)F)cc1. The average Bonchev–Trinajstić information content (AvgIpc) is 3.27. The van der Waals surface area contributed by atoms with Gasteiger partial charge in [0.1, 0.15) is 5.56 Å². The molecule has 2 aromatic rings. The largest absolute Gasteiger partial charge is 0.478 e. The lowest BCUT2D eigenvalue weighted by atomic mass is 10.2. The maximum Gasteiger partial charge on any atom is 0.434 e. The molecular formula is C17H16F3N3O3. The van der Waals surface area contributed by atoms with Crippen molar-refractivity contribution in [2.45, 2.75) is 31.9 Å². The van der Waals surface area contributed by atoms with Crippen LogP contribution in [-0.2, 0) is 11.0 Å². The molecule has 6 nitrogen and oxygen atoms in total. The summed E-state index contributed by atoms with van der Waals surface area (Å²) in [5.74, 6) is -1.22. The van der Waals surface area contributed by atoms with Crippen LogP contribution < -0.4 is 5.32 Å². The molecule has 1 aliphatic rings. The van der Waals surface area contributed by atoms with Gasteiger partial charge in [-0.2, -0.15) is 18.3 Å². The molecule has 9 heteroatoms. The van der Waals surface area contributed by atoms with Gasteiger partial charge in [-0.15, -0.1) is 0 Å². The molecule has 1 aliphatic carbocycles. The number of carbonyl (C=O) groups excluding carboxylic acids is 1. The van der Waals surface area contributed by atoms with Gasteiger partial charge in [-0.3, -0.25) is 4.79 Å². The minimum Gasteiger partial charge on any atom is -0.478 e. The third-order valence-corrected chi connectivity index (χ3v) is 4.14. The van der Waals surface area contributed by atoms with Gasteiger partial charge in [-0.25, -0.2) is 9.48 Å². The normalized spacial score (nSPS) is 14.3. The van der Waals surface area contributed by atoms with Gasteiger partial charge in [-0.05, 0) is 36.6 Å². The number of benzene rings is 1. The number of nitrogens with zero attached hydrogens (tertiary/aromatic N) is 2. The van der Waals surface area contributed by atoms with E-state index < -0.39 is 23.4 Å². The third-order valence-electron chi connectivity index (χ3n) is 4.14. The van der Waals surface area contributed by atoms with Crippen molar-refractivity contribution < 1.29 is 27.9 Å². The summed E-state index contributed by atoms with van der Waals surface area (Å²) in [5.41, 5.74) is -1.78. The van der Waals surface area contributed by atoms with Crippen molar-refractivity contribution in [1.29, 1.82) is 0 Å². The lowest BCUT2D eigenvalue weighted by Gasteiger charge is -2.12. The van der Waals surface area contributed by atoms with Gasteiger partial charge >= 0.3 is 12.1 Å². The number of carboxylic acids is 1. The highest BCUT2D eigenvalue weighted by molar-refractivity contribution is 5.91. The fourth-order valence-corrected chi connectivity index (χ4v) is 2.62. The molecule has 3 rings (SSSR count). The first-order chi connectivity index (χ1) is 12.3. The van der Waals surface area contributed by atoms with E-state index in [0.717, 1.165) is 19.3 Å². The third kappa shape index (κ3) is 4.04. The van der Waals surface area contributed by atoms with Gasteiger partial charge < -0.3 is 10.4 Å². The molecule has 138 valence electrons. The Morgan fingerprint density at radius 1 is 1.23 bits per heavy atom. The second-order valence-corrected chi connectivity index (χ2v) is 6.20. The van der Waals surface area contributed by atoms with Crippen LogP contribution in [0.1, 0.15) is 41.7 Å². The number of nitrogens with one attached hydrogen (secondary N) is 1. The van der Waals surface area contributed by atoms with E-state index in [-0.39, 0.29) is 11.6 Å². The number of amides is 1. The molecule has 0 saturated heterocycles. The molecule has 1 heterocycles. The first-order valence-corrected chi connectivity index (χ1v) is 8.04. The van der Waals surface area contributed by atoms with Crippen molar-refractivity contribution in [2.24, 2.45) is 5.92 Å². The average molecular weight is 367 g/mol. The van der Waals surface area contributed by atoms with Crippen molar-refractivity contribution in [1.82, 2.24) is 9.78 Å². The lowest BCUT2D eigenvalue weighted by Crippen LogP contribution is -2.17. The van der Waals surface area contributed by atoms with E-state index >= 15 is 0 Å². The molecule has 1 fully saturated rings. The van der Waals surface area contributed by atoms with Gasteiger partial charge in [0.05, 0.1) is 11.9 Å². The fourth-order valence-electron chi connectivity index (χ4n) is 2.62. The van der Waals surface area contributed by atoms with Gasteiger partial charge in [0.25, 0.3) is 0 Å². The molecule has 1 saturated carbocycles. The number of hydrogen-bond acceptors (Lipinski definition) is 3. The molecule has 0 aliphatic heterocycles. The van der Waals surface area contributed by atoms with Crippen molar-refractivity contribution in [2.75, 3.05) is 5.32 Å². The molecule has 26 heavy (non-hydrogen) atoms. The standard InChI is InChI=1S/C17H16F3N3O3/c18-17(19,20)15-13(16(25)26)9-21-23(15)12-6-4-11(5-7-12)22-14(24)8-3-10-1-2-10/h4-7,9-10H,1-3,8H2,(H,22,24)(H,25,26). The zero-order valence-corrected chi connectivity index (χ0v) is 13.6. The molecule has 0 unspecified atom stereocenters. The summed E-state index contributed by atoms with van der Waals surface area (Å²) >= 11 is 0. The van der Waals surface area contributed by atoms with Crippen LogP contribution in [-0.4, -0.2) is 26.8 Å². The Kier molecular flexibility index (Phi) is 4.71. The lowest BCUT2D eigenvalue weighted by molar-refractivity contribution is -0.143. The first kappa shape index (κ1) is 18.0. The Bertz CT molecular complexity index is 824. The topological polar surface area (TPSA) is 84.2 Å². The summed E-state index contributed by atoms with van der Waals surface area (Å²) in [4.78, 5) is 22.8. The van der Waals surface area contributed by atoms with Gasteiger partial charge in [0.2, 0.25) is 5.91 Å². The van der Waals surface area contributed by atoms with Gasteiger partial charge in [0.15, 0.2) is 5.69 Å². The van der Waals surface area contributed by atoms with Crippen molar-refractivity contribution >= 4 is 17.6 Å². The molecule has 0 radical (unpaired) electrons. The fraction of sp³-hybridized carbons (Fsp3) is 0.353. The molecule has 1 aromatic carbocycles. The highest BCUT2D eigenvalue weighted by atomic mass is 19.4. The number of hydrogen-bond donors (Lipinski definition) is 2. The van der Waals surface area contributed by atoms with E-state index in [2.05, 4.69) is 10.4 Å². The highest BCUT2D eigenvalue weighted by Crippen LogP contribution is 2.34. The minimum atomic E-state index is -4.88. The van der Waals surface area contributed by atoms with E-state index in [9.17, 15) is 22.8 Å². The van der Waals surface area contributed by atoms with E-state index in [1.165, 1.54) is 24.3 Å². The number of alkyl halides is 3. The van der Waals surface area contributed by atoms with Crippen molar-refractivity contribution in [3.8, 4) is 5.69 Å². The maximum absolute atomic E-state index is 13.2. The number of rotatable bonds is 6. The zero-order valence-electron chi connectivity index (χ0n) is 13.6. The van der Waals surface area contributed by atoms with Crippen LogP contribution in [0.25, 0.3) is 5.69 Å². The summed E-state index contributed by atoms with van der Waals surface area (Å²) in [6, 6.07) is 5.58. The minimum absolute atomic E-state index is 0.0424. The molecule has 1 aromatic heterocycles. The maximum atomic E-state index is 13.2. The summed E-state index contributed by atoms with van der Waals surface area (Å²) < 4.78 is 40.2. The van der Waals surface area contributed by atoms with E-state index in [1.807, 2.05) is 0 Å².